The van der Waals surface area contributed by atoms with E-state index in [9.17, 15) is 4.79 Å². The molecule has 3 atom stereocenters. The lowest BCUT2D eigenvalue weighted by Crippen LogP contribution is -2.45. The molecule has 5 heteroatoms. The van der Waals surface area contributed by atoms with E-state index in [2.05, 4.69) is 31.0 Å². The Balaban J connectivity index is 1.49. The minimum absolute atomic E-state index is 0.0347. The molecule has 0 N–H and O–H groups in total. The second kappa shape index (κ2) is 7.41. The summed E-state index contributed by atoms with van der Waals surface area (Å²) in [7, 11) is 2.20. The van der Waals surface area contributed by atoms with Gasteiger partial charge in [0.1, 0.15) is 6.10 Å². The van der Waals surface area contributed by atoms with Crippen molar-refractivity contribution in [2.75, 3.05) is 11.9 Å². The van der Waals surface area contributed by atoms with E-state index in [1.165, 1.54) is 22.6 Å². The van der Waals surface area contributed by atoms with E-state index in [1.54, 1.807) is 16.2 Å². The van der Waals surface area contributed by atoms with Gasteiger partial charge < -0.3 is 9.64 Å². The van der Waals surface area contributed by atoms with Gasteiger partial charge in [0.15, 0.2) is 0 Å². The minimum atomic E-state index is -0.226. The summed E-state index contributed by atoms with van der Waals surface area (Å²) >= 11 is 1.73. The van der Waals surface area contributed by atoms with Crippen LogP contribution >= 0.6 is 11.3 Å². The molecule has 2 fully saturated rings. The van der Waals surface area contributed by atoms with Gasteiger partial charge in [0.05, 0.1) is 6.54 Å². The second-order valence-corrected chi connectivity index (χ2v) is 8.83. The van der Waals surface area contributed by atoms with Crippen LogP contribution in [0.3, 0.4) is 0 Å². The van der Waals surface area contributed by atoms with Crippen LogP contribution in [0.2, 0.25) is 0 Å². The Morgan fingerprint density at radius 1 is 1.15 bits per heavy atom. The molecule has 0 radical (unpaired) electrons. The summed E-state index contributed by atoms with van der Waals surface area (Å²) in [6.45, 7) is 2.65. The van der Waals surface area contributed by atoms with Crippen molar-refractivity contribution >= 4 is 23.1 Å². The van der Waals surface area contributed by atoms with Gasteiger partial charge in [-0.3, -0.25) is 4.90 Å². The molecule has 0 aliphatic carbocycles. The molecule has 1 amide bonds. The van der Waals surface area contributed by atoms with Crippen LogP contribution in [-0.4, -0.2) is 36.2 Å². The Kier molecular flexibility index (Phi) is 5.00. The van der Waals surface area contributed by atoms with Gasteiger partial charge in [-0.05, 0) is 51.1 Å². The molecule has 2 aliphatic heterocycles. The van der Waals surface area contributed by atoms with Crippen molar-refractivity contribution in [3.05, 3.63) is 52.2 Å². The predicted molar refractivity (Wildman–Crippen MR) is 106 cm³/mol. The topological polar surface area (TPSA) is 32.8 Å². The summed E-state index contributed by atoms with van der Waals surface area (Å²) in [6.07, 6.45) is 4.18. The van der Waals surface area contributed by atoms with E-state index in [-0.39, 0.29) is 12.2 Å². The number of para-hydroxylation sites is 1. The number of fused-ring (bicyclic) bond motifs is 2. The number of rotatable bonds is 4. The maximum absolute atomic E-state index is 13.0. The maximum atomic E-state index is 13.0. The van der Waals surface area contributed by atoms with Gasteiger partial charge >= 0.3 is 6.09 Å². The molecular weight excluding hydrogens is 344 g/mol. The minimum Gasteiger partial charge on any atom is -0.446 e. The SMILES string of the molecule is Cc1ccc(CN(C(=O)OC2C[C@H]3CC[C@@H](C2)N3C)c2ccccc2)s1. The Bertz CT molecular complexity index is 746. The Labute approximate surface area is 159 Å². The summed E-state index contributed by atoms with van der Waals surface area (Å²) in [5.74, 6) is 0. The molecule has 2 aromatic rings. The van der Waals surface area contributed by atoms with Crippen LogP contribution < -0.4 is 4.90 Å². The van der Waals surface area contributed by atoms with Crippen molar-refractivity contribution in [3.8, 4) is 0 Å². The summed E-state index contributed by atoms with van der Waals surface area (Å²) in [4.78, 5) is 19.7. The molecule has 2 saturated heterocycles. The Morgan fingerprint density at radius 3 is 2.46 bits per heavy atom. The van der Waals surface area contributed by atoms with Gasteiger partial charge in [0.2, 0.25) is 0 Å². The number of benzene rings is 1. The maximum Gasteiger partial charge on any atom is 0.414 e. The number of hydrogen-bond acceptors (Lipinski definition) is 4. The number of hydrogen-bond donors (Lipinski definition) is 0. The monoisotopic (exact) mass is 370 g/mol. The molecule has 138 valence electrons. The highest BCUT2D eigenvalue weighted by Crippen LogP contribution is 2.36. The van der Waals surface area contributed by atoms with Gasteiger partial charge in [-0.15, -0.1) is 11.3 Å². The molecule has 2 bridgehead atoms. The molecule has 1 aromatic carbocycles. The number of amides is 1. The first-order valence-corrected chi connectivity index (χ1v) is 10.2. The van der Waals surface area contributed by atoms with E-state index >= 15 is 0 Å². The molecule has 1 aromatic heterocycles. The number of ether oxygens (including phenoxy) is 1. The molecule has 26 heavy (non-hydrogen) atoms. The Morgan fingerprint density at radius 2 is 1.85 bits per heavy atom. The molecule has 4 nitrogen and oxygen atoms in total. The van der Waals surface area contributed by atoms with E-state index in [4.69, 9.17) is 4.74 Å². The molecular formula is C21H26N2O2S. The highest BCUT2D eigenvalue weighted by molar-refractivity contribution is 7.11. The van der Waals surface area contributed by atoms with Crippen molar-refractivity contribution in [1.29, 1.82) is 0 Å². The zero-order chi connectivity index (χ0) is 18.1. The van der Waals surface area contributed by atoms with Crippen molar-refractivity contribution < 1.29 is 9.53 Å². The molecule has 3 heterocycles. The average molecular weight is 371 g/mol. The number of nitrogens with zero attached hydrogens (tertiary/aromatic N) is 2. The third-order valence-electron chi connectivity index (χ3n) is 5.72. The highest BCUT2D eigenvalue weighted by atomic mass is 32.1. The average Bonchev–Trinajstić information content (AvgIpc) is 3.12. The fourth-order valence-corrected chi connectivity index (χ4v) is 5.14. The number of piperidine rings is 1. The molecule has 0 saturated carbocycles. The summed E-state index contributed by atoms with van der Waals surface area (Å²) < 4.78 is 5.98. The molecule has 1 unspecified atom stereocenters. The zero-order valence-electron chi connectivity index (χ0n) is 15.4. The van der Waals surface area contributed by atoms with Crippen LogP contribution in [0.25, 0.3) is 0 Å². The Hall–Kier alpha value is -1.85. The summed E-state index contributed by atoms with van der Waals surface area (Å²) in [5.41, 5.74) is 0.888. The first-order chi connectivity index (χ1) is 12.6. The van der Waals surface area contributed by atoms with Gasteiger partial charge in [-0.2, -0.15) is 0 Å². The third-order valence-corrected chi connectivity index (χ3v) is 6.71. The second-order valence-electron chi connectivity index (χ2n) is 7.46. The number of carbonyl (C=O) groups is 1. The predicted octanol–water partition coefficient (Wildman–Crippen LogP) is 4.82. The first-order valence-electron chi connectivity index (χ1n) is 9.40. The zero-order valence-corrected chi connectivity index (χ0v) is 16.2. The van der Waals surface area contributed by atoms with Crippen LogP contribution in [0.1, 0.15) is 35.4 Å². The van der Waals surface area contributed by atoms with Crippen LogP contribution in [-0.2, 0) is 11.3 Å². The van der Waals surface area contributed by atoms with Crippen molar-refractivity contribution in [2.45, 2.75) is 57.3 Å². The molecule has 4 rings (SSSR count). The normalized spacial score (nSPS) is 25.2. The third kappa shape index (κ3) is 3.64. The first kappa shape index (κ1) is 17.6. The number of carbonyl (C=O) groups excluding carboxylic acids is 1. The molecule has 0 spiro atoms. The van der Waals surface area contributed by atoms with Crippen molar-refractivity contribution in [2.24, 2.45) is 0 Å². The fraction of sp³-hybridized carbons (Fsp3) is 0.476. The highest BCUT2D eigenvalue weighted by Gasteiger charge is 2.40. The van der Waals surface area contributed by atoms with Crippen molar-refractivity contribution in [1.82, 2.24) is 4.90 Å². The number of anilines is 1. The quantitative estimate of drug-likeness (QED) is 0.773. The van der Waals surface area contributed by atoms with Crippen molar-refractivity contribution in [3.63, 3.8) is 0 Å². The van der Waals surface area contributed by atoms with Gasteiger partial charge in [-0.1, -0.05) is 18.2 Å². The van der Waals surface area contributed by atoms with E-state index < -0.39 is 0 Å². The van der Waals surface area contributed by atoms with Crippen LogP contribution in [0.4, 0.5) is 10.5 Å². The number of thiophene rings is 1. The van der Waals surface area contributed by atoms with Gasteiger partial charge in [0.25, 0.3) is 0 Å². The summed E-state index contributed by atoms with van der Waals surface area (Å²) in [5, 5.41) is 0. The van der Waals surface area contributed by atoms with Crippen LogP contribution in [0.15, 0.2) is 42.5 Å². The van der Waals surface area contributed by atoms with Gasteiger partial charge in [0, 0.05) is 40.4 Å². The smallest absolute Gasteiger partial charge is 0.414 e. The standard InChI is InChI=1S/C21H26N2O2S/c1-15-8-11-20(26-15)14-23(16-6-4-3-5-7-16)21(24)25-19-12-17-9-10-18(13-19)22(17)2/h3-8,11,17-19H,9-10,12-14H2,1-2H3/t17-,18+,19?. The number of aryl methyl sites for hydroxylation is 1. The van der Waals surface area contributed by atoms with Crippen LogP contribution in [0.5, 0.6) is 0 Å². The van der Waals surface area contributed by atoms with Gasteiger partial charge in [-0.25, -0.2) is 4.79 Å². The van der Waals surface area contributed by atoms with E-state index in [1.807, 2.05) is 30.3 Å². The van der Waals surface area contributed by atoms with E-state index in [0.717, 1.165) is 18.5 Å². The van der Waals surface area contributed by atoms with Crippen LogP contribution in [0, 0.1) is 6.92 Å². The summed E-state index contributed by atoms with van der Waals surface area (Å²) in [6, 6.07) is 15.2. The van der Waals surface area contributed by atoms with E-state index in [0.29, 0.717) is 18.6 Å². The largest absolute Gasteiger partial charge is 0.446 e. The lowest BCUT2D eigenvalue weighted by atomic mass is 10.0. The molecule has 2 aliphatic rings. The lowest BCUT2D eigenvalue weighted by molar-refractivity contribution is 0.0314. The lowest BCUT2D eigenvalue weighted by Gasteiger charge is -2.36. The fourth-order valence-electron chi connectivity index (χ4n) is 4.26.